The largest absolute Gasteiger partial charge is 0.400 e. The summed E-state index contributed by atoms with van der Waals surface area (Å²) in [5.41, 5.74) is 0. The van der Waals surface area contributed by atoms with E-state index in [0.29, 0.717) is 13.0 Å². The zero-order chi connectivity index (χ0) is 14.0. The molecule has 0 aromatic heterocycles. The van der Waals surface area contributed by atoms with Crippen LogP contribution in [0.3, 0.4) is 0 Å². The van der Waals surface area contributed by atoms with Crippen LogP contribution in [0, 0.1) is 11.3 Å². The predicted molar refractivity (Wildman–Crippen MR) is 81.1 cm³/mol. The minimum Gasteiger partial charge on any atom is -0.400 e. The van der Waals surface area contributed by atoms with Gasteiger partial charge in [-0.25, -0.2) is 0 Å². The maximum atomic E-state index is 8.35. The molecule has 1 heterocycles. The molecule has 0 aliphatic carbocycles. The molecular formula is C13H27NO3Si2. The molecule has 4 nitrogen and oxygen atoms in total. The van der Waals surface area contributed by atoms with Gasteiger partial charge in [0.1, 0.15) is 6.29 Å². The van der Waals surface area contributed by atoms with Crippen LogP contribution < -0.4 is 0 Å². The monoisotopic (exact) mass is 301 g/mol. The highest BCUT2D eigenvalue weighted by Gasteiger charge is 2.30. The quantitative estimate of drug-likeness (QED) is 0.485. The van der Waals surface area contributed by atoms with Crippen LogP contribution in [0.4, 0.5) is 0 Å². The summed E-state index contributed by atoms with van der Waals surface area (Å²) in [7, 11) is -1.83. The third-order valence-corrected chi connectivity index (χ3v) is 7.12. The number of nitrogens with zero attached hydrogens (tertiary/aromatic N) is 1. The Balaban J connectivity index is 1.89. The van der Waals surface area contributed by atoms with E-state index in [4.69, 9.17) is 18.9 Å². The summed E-state index contributed by atoms with van der Waals surface area (Å²) in [5, 5.41) is 8.35. The fraction of sp³-hybridized carbons (Fsp3) is 0.923. The zero-order valence-corrected chi connectivity index (χ0v) is 14.7. The molecule has 1 fully saturated rings. The summed E-state index contributed by atoms with van der Waals surface area (Å²) in [6.07, 6.45) is 5.20. The van der Waals surface area contributed by atoms with E-state index in [1.54, 1.807) is 0 Å². The highest BCUT2D eigenvalue weighted by atomic mass is 28.4. The molecule has 1 aliphatic heterocycles. The maximum Gasteiger partial charge on any atom is 0.190 e. The van der Waals surface area contributed by atoms with Crippen molar-refractivity contribution >= 4 is 18.1 Å². The summed E-state index contributed by atoms with van der Waals surface area (Å²) < 4.78 is 17.3. The van der Waals surface area contributed by atoms with Crippen LogP contribution in [0.5, 0.6) is 0 Å². The first-order valence-electron chi connectivity index (χ1n) is 7.38. The number of unbranched alkanes of at least 4 members (excludes halogenated alkanes) is 1. The second kappa shape index (κ2) is 9.67. The van der Waals surface area contributed by atoms with E-state index in [1.807, 2.05) is 0 Å². The Labute approximate surface area is 120 Å². The van der Waals surface area contributed by atoms with Crippen LogP contribution in [-0.4, -0.2) is 37.6 Å². The lowest BCUT2D eigenvalue weighted by Gasteiger charge is -2.34. The van der Waals surface area contributed by atoms with Gasteiger partial charge in [0.05, 0.1) is 19.1 Å². The van der Waals surface area contributed by atoms with Crippen molar-refractivity contribution in [2.24, 2.45) is 0 Å². The van der Waals surface area contributed by atoms with Gasteiger partial charge in [0, 0.05) is 6.61 Å². The third kappa shape index (κ3) is 8.55. The van der Waals surface area contributed by atoms with Crippen molar-refractivity contribution in [3.8, 4) is 6.07 Å². The van der Waals surface area contributed by atoms with E-state index in [0.717, 1.165) is 19.4 Å². The third-order valence-electron chi connectivity index (χ3n) is 3.26. The average Bonchev–Trinajstić information content (AvgIpc) is 2.36. The minimum atomic E-state index is -1.40. The smallest absolute Gasteiger partial charge is 0.190 e. The molecule has 0 N–H and O–H groups in total. The fourth-order valence-electron chi connectivity index (χ4n) is 2.20. The molecule has 0 amide bonds. The summed E-state index contributed by atoms with van der Waals surface area (Å²) in [6, 6.07) is 4.54. The van der Waals surface area contributed by atoms with Gasteiger partial charge < -0.3 is 13.6 Å². The second-order valence-corrected chi connectivity index (χ2v) is 11.4. The van der Waals surface area contributed by atoms with Crippen LogP contribution in [0.15, 0.2) is 0 Å². The SMILES string of the molecule is C[Si]1(C)CCCC(O[SiH2]CCCCOCCC#N)O1. The molecule has 110 valence electrons. The van der Waals surface area contributed by atoms with Gasteiger partial charge in [-0.15, -0.1) is 0 Å². The first-order valence-corrected chi connectivity index (χ1v) is 12.1. The van der Waals surface area contributed by atoms with E-state index in [2.05, 4.69) is 19.2 Å². The van der Waals surface area contributed by atoms with E-state index in [1.165, 1.54) is 24.9 Å². The Hall–Kier alpha value is -0.196. The van der Waals surface area contributed by atoms with Gasteiger partial charge in [-0.05, 0) is 44.4 Å². The maximum absolute atomic E-state index is 8.35. The first kappa shape index (κ1) is 16.9. The van der Waals surface area contributed by atoms with Crippen molar-refractivity contribution in [1.29, 1.82) is 5.26 Å². The van der Waals surface area contributed by atoms with Crippen molar-refractivity contribution in [2.75, 3.05) is 13.2 Å². The van der Waals surface area contributed by atoms with Gasteiger partial charge in [0.2, 0.25) is 0 Å². The van der Waals surface area contributed by atoms with Crippen molar-refractivity contribution in [3.05, 3.63) is 0 Å². The highest BCUT2D eigenvalue weighted by molar-refractivity contribution is 6.71. The Bertz CT molecular complexity index is 282. The molecule has 0 spiro atoms. The number of nitriles is 1. The summed E-state index contributed by atoms with van der Waals surface area (Å²) in [4.78, 5) is 0. The van der Waals surface area contributed by atoms with Gasteiger partial charge in [-0.1, -0.05) is 6.42 Å². The number of hydrogen-bond donors (Lipinski definition) is 0. The van der Waals surface area contributed by atoms with Crippen LogP contribution in [0.25, 0.3) is 0 Å². The van der Waals surface area contributed by atoms with E-state index < -0.39 is 18.1 Å². The molecule has 0 aromatic carbocycles. The molecule has 0 saturated carbocycles. The van der Waals surface area contributed by atoms with Gasteiger partial charge >= 0.3 is 0 Å². The lowest BCUT2D eigenvalue weighted by molar-refractivity contribution is -0.0175. The molecule has 0 aromatic rings. The molecule has 0 radical (unpaired) electrons. The standard InChI is InChI=1S/C13H27NO3Si2/c1-19(2)12-5-7-13(17-19)16-18-11-4-3-9-15-10-6-8-14/h13H,3-7,9-12,18H2,1-2H3. The van der Waals surface area contributed by atoms with Crippen LogP contribution >= 0.6 is 0 Å². The molecule has 0 bridgehead atoms. The Morgan fingerprint density at radius 2 is 2.21 bits per heavy atom. The topological polar surface area (TPSA) is 51.5 Å². The van der Waals surface area contributed by atoms with E-state index in [-0.39, 0.29) is 6.29 Å². The second-order valence-electron chi connectivity index (χ2n) is 5.65. The minimum absolute atomic E-state index is 0.106. The molecule has 1 rings (SSSR count). The van der Waals surface area contributed by atoms with Gasteiger partial charge in [0.25, 0.3) is 0 Å². The molecular weight excluding hydrogens is 274 g/mol. The summed E-state index contributed by atoms with van der Waals surface area (Å²) >= 11 is 0. The van der Waals surface area contributed by atoms with Crippen molar-refractivity contribution in [3.63, 3.8) is 0 Å². The Kier molecular flexibility index (Phi) is 8.58. The van der Waals surface area contributed by atoms with Crippen molar-refractivity contribution in [1.82, 2.24) is 0 Å². The Morgan fingerprint density at radius 3 is 2.95 bits per heavy atom. The molecule has 1 atom stereocenters. The van der Waals surface area contributed by atoms with Crippen molar-refractivity contribution in [2.45, 2.75) is 63.6 Å². The normalized spacial score (nSPS) is 22.7. The van der Waals surface area contributed by atoms with Gasteiger partial charge in [-0.3, -0.25) is 0 Å². The van der Waals surface area contributed by atoms with Crippen LogP contribution in [-0.2, 0) is 13.6 Å². The van der Waals surface area contributed by atoms with Crippen LogP contribution in [0.2, 0.25) is 25.2 Å². The van der Waals surface area contributed by atoms with E-state index in [9.17, 15) is 0 Å². The van der Waals surface area contributed by atoms with Gasteiger partial charge in [0.15, 0.2) is 18.1 Å². The number of rotatable bonds is 9. The Morgan fingerprint density at radius 1 is 1.37 bits per heavy atom. The summed E-state index contributed by atoms with van der Waals surface area (Å²) in [6.45, 7) is 5.90. The van der Waals surface area contributed by atoms with Gasteiger partial charge in [-0.2, -0.15) is 5.26 Å². The van der Waals surface area contributed by atoms with Crippen molar-refractivity contribution < 1.29 is 13.6 Å². The number of ether oxygens (including phenoxy) is 1. The molecule has 1 unspecified atom stereocenters. The molecule has 19 heavy (non-hydrogen) atoms. The molecule has 1 aliphatic rings. The van der Waals surface area contributed by atoms with E-state index >= 15 is 0 Å². The van der Waals surface area contributed by atoms with Crippen LogP contribution in [0.1, 0.15) is 32.1 Å². The summed E-state index contributed by atoms with van der Waals surface area (Å²) in [5.74, 6) is 0. The zero-order valence-electron chi connectivity index (χ0n) is 12.3. The first-order chi connectivity index (χ1) is 9.14. The molecule has 1 saturated heterocycles. The fourth-order valence-corrected chi connectivity index (χ4v) is 5.63. The highest BCUT2D eigenvalue weighted by Crippen LogP contribution is 2.26. The molecule has 6 heteroatoms. The lowest BCUT2D eigenvalue weighted by Crippen LogP contribution is -2.41. The number of hydrogen-bond acceptors (Lipinski definition) is 4. The lowest BCUT2D eigenvalue weighted by atomic mass is 10.3. The predicted octanol–water partition coefficient (Wildman–Crippen LogP) is 2.56. The average molecular weight is 302 g/mol.